The maximum atomic E-state index is 12.9. The molecular formula is C17H15BrClN3O2. The summed E-state index contributed by atoms with van der Waals surface area (Å²) in [5.41, 5.74) is 0.429. The highest BCUT2D eigenvalue weighted by molar-refractivity contribution is 9.10. The molecule has 2 heterocycles. The van der Waals surface area contributed by atoms with Gasteiger partial charge in [0, 0.05) is 17.2 Å². The molecule has 1 aliphatic rings. The molecule has 24 heavy (non-hydrogen) atoms. The van der Waals surface area contributed by atoms with Crippen LogP contribution in [0, 0.1) is 0 Å². The highest BCUT2D eigenvalue weighted by atomic mass is 79.9. The molecule has 1 aliphatic heterocycles. The van der Waals surface area contributed by atoms with Gasteiger partial charge in [0.15, 0.2) is 0 Å². The van der Waals surface area contributed by atoms with Crippen molar-refractivity contribution in [2.75, 3.05) is 4.90 Å². The zero-order chi connectivity index (χ0) is 17.5. The molecule has 1 aromatic heterocycles. The molecule has 2 aromatic rings. The summed E-state index contributed by atoms with van der Waals surface area (Å²) >= 11 is 9.26. The minimum absolute atomic E-state index is 0.255. The van der Waals surface area contributed by atoms with Crippen molar-refractivity contribution in [3.63, 3.8) is 0 Å². The molecule has 7 heteroatoms. The first kappa shape index (κ1) is 16.9. The third kappa shape index (κ3) is 2.91. The third-order valence-corrected chi connectivity index (χ3v) is 4.78. The van der Waals surface area contributed by atoms with Gasteiger partial charge in [-0.15, -0.1) is 0 Å². The SMILES string of the molecule is CC1(C)C(=O)N(c2ccc(Br)cc2)C(=O)N1Cc1ccnc(Cl)c1. The van der Waals surface area contributed by atoms with E-state index in [0.717, 1.165) is 10.0 Å². The van der Waals surface area contributed by atoms with Gasteiger partial charge in [-0.2, -0.15) is 0 Å². The van der Waals surface area contributed by atoms with Gasteiger partial charge in [0.1, 0.15) is 10.7 Å². The molecule has 0 N–H and O–H groups in total. The Morgan fingerprint density at radius 1 is 1.17 bits per heavy atom. The molecule has 0 radical (unpaired) electrons. The number of carbonyl (C=O) groups excluding carboxylic acids is 2. The van der Waals surface area contributed by atoms with E-state index in [4.69, 9.17) is 11.6 Å². The van der Waals surface area contributed by atoms with Crippen LogP contribution in [0.3, 0.4) is 0 Å². The number of anilines is 1. The molecule has 1 saturated heterocycles. The van der Waals surface area contributed by atoms with Crippen LogP contribution in [0.1, 0.15) is 19.4 Å². The van der Waals surface area contributed by atoms with E-state index in [1.54, 1.807) is 61.3 Å². The van der Waals surface area contributed by atoms with E-state index in [2.05, 4.69) is 20.9 Å². The Hall–Kier alpha value is -1.92. The van der Waals surface area contributed by atoms with Crippen LogP contribution >= 0.6 is 27.5 Å². The lowest BCUT2D eigenvalue weighted by atomic mass is 10.0. The van der Waals surface area contributed by atoms with Crippen LogP contribution < -0.4 is 4.90 Å². The van der Waals surface area contributed by atoms with Crippen molar-refractivity contribution in [2.24, 2.45) is 0 Å². The number of hydrogen-bond donors (Lipinski definition) is 0. The van der Waals surface area contributed by atoms with E-state index in [1.165, 1.54) is 4.90 Å². The molecule has 0 atom stereocenters. The number of nitrogens with zero attached hydrogens (tertiary/aromatic N) is 3. The molecule has 1 aromatic carbocycles. The van der Waals surface area contributed by atoms with Gasteiger partial charge < -0.3 is 4.90 Å². The second kappa shape index (κ2) is 6.18. The van der Waals surface area contributed by atoms with E-state index in [1.807, 2.05) is 0 Å². The van der Waals surface area contributed by atoms with Gasteiger partial charge in [0.2, 0.25) is 0 Å². The molecule has 0 aliphatic carbocycles. The molecule has 3 amide bonds. The Labute approximate surface area is 153 Å². The van der Waals surface area contributed by atoms with Crippen LogP contribution in [0.15, 0.2) is 47.1 Å². The number of imide groups is 1. The Morgan fingerprint density at radius 3 is 2.46 bits per heavy atom. The monoisotopic (exact) mass is 407 g/mol. The smallest absolute Gasteiger partial charge is 0.305 e. The van der Waals surface area contributed by atoms with Crippen LogP contribution in [-0.4, -0.2) is 27.4 Å². The lowest BCUT2D eigenvalue weighted by Crippen LogP contribution is -2.43. The Kier molecular flexibility index (Phi) is 4.36. The first-order valence-corrected chi connectivity index (χ1v) is 8.50. The molecule has 0 unspecified atom stereocenters. The van der Waals surface area contributed by atoms with Gasteiger partial charge in [-0.05, 0) is 55.8 Å². The summed E-state index contributed by atoms with van der Waals surface area (Å²) in [4.78, 5) is 32.4. The van der Waals surface area contributed by atoms with Crippen LogP contribution in [0.25, 0.3) is 0 Å². The lowest BCUT2D eigenvalue weighted by molar-refractivity contribution is -0.123. The average Bonchev–Trinajstić information content (AvgIpc) is 2.69. The number of aromatic nitrogens is 1. The van der Waals surface area contributed by atoms with E-state index >= 15 is 0 Å². The predicted molar refractivity (Wildman–Crippen MR) is 95.9 cm³/mol. The molecule has 0 bridgehead atoms. The number of pyridine rings is 1. The van der Waals surface area contributed by atoms with Crippen LogP contribution in [0.2, 0.25) is 5.15 Å². The predicted octanol–water partition coefficient (Wildman–Crippen LogP) is 4.24. The second-order valence-electron chi connectivity index (χ2n) is 6.03. The van der Waals surface area contributed by atoms with Gasteiger partial charge in [-0.3, -0.25) is 4.79 Å². The zero-order valence-corrected chi connectivity index (χ0v) is 15.5. The number of amides is 3. The standard InChI is InChI=1S/C17H15BrClN3O2/c1-17(2)15(23)22(13-5-3-12(18)4-6-13)16(24)21(17)10-11-7-8-20-14(19)9-11/h3-9H,10H2,1-2H3. The fourth-order valence-electron chi connectivity index (χ4n) is 2.64. The lowest BCUT2D eigenvalue weighted by Gasteiger charge is -2.27. The summed E-state index contributed by atoms with van der Waals surface area (Å²) in [5, 5.41) is 0.355. The van der Waals surface area contributed by atoms with Gasteiger partial charge in [-0.1, -0.05) is 27.5 Å². The second-order valence-corrected chi connectivity index (χ2v) is 7.33. The zero-order valence-electron chi connectivity index (χ0n) is 13.2. The summed E-state index contributed by atoms with van der Waals surface area (Å²) in [6.07, 6.45) is 1.58. The van der Waals surface area contributed by atoms with E-state index in [0.29, 0.717) is 10.8 Å². The van der Waals surface area contributed by atoms with E-state index < -0.39 is 5.54 Å². The maximum Gasteiger partial charge on any atom is 0.332 e. The maximum absolute atomic E-state index is 12.9. The molecule has 0 saturated carbocycles. The van der Waals surface area contributed by atoms with Crippen LogP contribution in [-0.2, 0) is 11.3 Å². The number of hydrogen-bond acceptors (Lipinski definition) is 3. The summed E-state index contributed by atoms with van der Waals surface area (Å²) < 4.78 is 0.882. The van der Waals surface area contributed by atoms with Crippen molar-refractivity contribution >= 4 is 45.2 Å². The average molecular weight is 409 g/mol. The van der Waals surface area contributed by atoms with Gasteiger partial charge >= 0.3 is 6.03 Å². The first-order chi connectivity index (χ1) is 11.3. The highest BCUT2D eigenvalue weighted by Crippen LogP contribution is 2.33. The summed E-state index contributed by atoms with van der Waals surface area (Å²) in [7, 11) is 0. The first-order valence-electron chi connectivity index (χ1n) is 7.33. The van der Waals surface area contributed by atoms with Gasteiger partial charge in [-0.25, -0.2) is 14.7 Å². The Bertz CT molecular complexity index is 808. The van der Waals surface area contributed by atoms with Crippen molar-refractivity contribution in [2.45, 2.75) is 25.9 Å². The van der Waals surface area contributed by atoms with Crippen molar-refractivity contribution in [3.05, 3.63) is 57.8 Å². The number of benzene rings is 1. The summed E-state index contributed by atoms with van der Waals surface area (Å²) in [6.45, 7) is 3.77. The topological polar surface area (TPSA) is 53.5 Å². The Morgan fingerprint density at radius 2 is 1.83 bits per heavy atom. The largest absolute Gasteiger partial charge is 0.332 e. The van der Waals surface area contributed by atoms with Gasteiger partial charge in [0.25, 0.3) is 5.91 Å². The molecular weight excluding hydrogens is 394 g/mol. The minimum atomic E-state index is -0.945. The summed E-state index contributed by atoms with van der Waals surface area (Å²) in [6, 6.07) is 10.2. The van der Waals surface area contributed by atoms with Gasteiger partial charge in [0.05, 0.1) is 5.69 Å². The molecule has 124 valence electrons. The minimum Gasteiger partial charge on any atom is -0.305 e. The van der Waals surface area contributed by atoms with Crippen molar-refractivity contribution in [1.82, 2.24) is 9.88 Å². The number of urea groups is 1. The van der Waals surface area contributed by atoms with E-state index in [9.17, 15) is 9.59 Å². The molecule has 1 fully saturated rings. The number of carbonyl (C=O) groups is 2. The molecule has 5 nitrogen and oxygen atoms in total. The molecule has 0 spiro atoms. The number of rotatable bonds is 3. The third-order valence-electron chi connectivity index (χ3n) is 4.04. The quantitative estimate of drug-likeness (QED) is 0.564. The summed E-state index contributed by atoms with van der Waals surface area (Å²) in [5.74, 6) is -0.255. The highest BCUT2D eigenvalue weighted by Gasteiger charge is 2.51. The van der Waals surface area contributed by atoms with Crippen molar-refractivity contribution in [3.8, 4) is 0 Å². The fourth-order valence-corrected chi connectivity index (χ4v) is 3.10. The van der Waals surface area contributed by atoms with Crippen LogP contribution in [0.4, 0.5) is 10.5 Å². The van der Waals surface area contributed by atoms with Crippen molar-refractivity contribution < 1.29 is 9.59 Å². The van der Waals surface area contributed by atoms with E-state index in [-0.39, 0.29) is 18.5 Å². The fraction of sp³-hybridized carbons (Fsp3) is 0.235. The Balaban J connectivity index is 1.94. The molecule has 3 rings (SSSR count). The van der Waals surface area contributed by atoms with Crippen molar-refractivity contribution in [1.29, 1.82) is 0 Å². The normalized spacial score (nSPS) is 16.8. The van der Waals surface area contributed by atoms with Crippen LogP contribution in [0.5, 0.6) is 0 Å². The number of halogens is 2.